The largest absolute Gasteiger partial charge is 0.340 e. The van der Waals surface area contributed by atoms with E-state index in [1.54, 1.807) is 0 Å². The smallest absolute Gasteiger partial charge is 0.261 e. The fourth-order valence-electron chi connectivity index (χ4n) is 8.92. The van der Waals surface area contributed by atoms with E-state index in [0.717, 1.165) is 86.4 Å². The molecule has 7 heteroatoms. The minimum Gasteiger partial charge on any atom is -0.340 e. The molecule has 0 aliphatic rings. The van der Waals surface area contributed by atoms with Gasteiger partial charge in [0, 0.05) is 61.7 Å². The van der Waals surface area contributed by atoms with Crippen LogP contribution < -0.4 is 22.2 Å². The summed E-state index contributed by atoms with van der Waals surface area (Å²) in [7, 11) is 0. The molecule has 0 saturated heterocycles. The number of pyridine rings is 2. The van der Waals surface area contributed by atoms with Crippen molar-refractivity contribution in [3.05, 3.63) is 77.8 Å². The molecule has 3 aromatic heterocycles. The summed E-state index contributed by atoms with van der Waals surface area (Å²) in [5, 5.41) is 9.50. The fraction of sp³-hybridized carbons (Fsp3) is 0.400. The first-order valence-electron chi connectivity index (χ1n) is 17.6. The number of rotatable bonds is 11. The summed E-state index contributed by atoms with van der Waals surface area (Å²) in [4.78, 5) is 56.8. The molecule has 47 heavy (non-hydrogen) atoms. The van der Waals surface area contributed by atoms with Crippen molar-refractivity contribution in [2.45, 2.75) is 105 Å². The number of nitrogens with zero attached hydrogens (tertiary/aromatic N) is 3. The van der Waals surface area contributed by atoms with Gasteiger partial charge in [0.05, 0.1) is 21.8 Å². The Hall–Kier alpha value is -4.52. The topological polar surface area (TPSA) is 83.1 Å². The molecule has 0 amide bonds. The van der Waals surface area contributed by atoms with Crippen LogP contribution in [0.1, 0.15) is 98.1 Å². The zero-order chi connectivity index (χ0) is 32.9. The number of hydrogen-bond donors (Lipinski definition) is 0. The van der Waals surface area contributed by atoms with Crippen LogP contribution in [0.3, 0.4) is 0 Å². The first-order valence-corrected chi connectivity index (χ1v) is 17.6. The van der Waals surface area contributed by atoms with Gasteiger partial charge in [-0.1, -0.05) is 66.0 Å². The van der Waals surface area contributed by atoms with Crippen LogP contribution in [0.5, 0.6) is 0 Å². The number of fused-ring (bicyclic) bond motifs is 1. The minimum absolute atomic E-state index is 0.175. The van der Waals surface area contributed by atoms with Gasteiger partial charge in [-0.2, -0.15) is 0 Å². The van der Waals surface area contributed by atoms with E-state index in [0.29, 0.717) is 47.2 Å². The predicted octanol–water partition coefficient (Wildman–Crippen LogP) is 8.66. The highest BCUT2D eigenvalue weighted by Crippen LogP contribution is 2.49. The van der Waals surface area contributed by atoms with E-state index in [1.165, 1.54) is 9.13 Å². The van der Waals surface area contributed by atoms with Gasteiger partial charge >= 0.3 is 0 Å². The lowest BCUT2D eigenvalue weighted by Gasteiger charge is -2.20. The third kappa shape index (κ3) is 3.74. The van der Waals surface area contributed by atoms with Crippen molar-refractivity contribution < 1.29 is 0 Å². The zero-order valence-corrected chi connectivity index (χ0v) is 28.0. The Morgan fingerprint density at radius 3 is 1.28 bits per heavy atom. The Bertz CT molecular complexity index is 2530. The van der Waals surface area contributed by atoms with Crippen LogP contribution in [0.25, 0.3) is 75.7 Å². The van der Waals surface area contributed by atoms with Crippen molar-refractivity contribution in [3.63, 3.8) is 0 Å². The summed E-state index contributed by atoms with van der Waals surface area (Å²) in [5.41, 5.74) is 0.981. The first-order chi connectivity index (χ1) is 22.8. The summed E-state index contributed by atoms with van der Waals surface area (Å²) in [6.07, 6.45) is 7.09. The highest BCUT2D eigenvalue weighted by molar-refractivity contribution is 6.45. The van der Waals surface area contributed by atoms with E-state index in [2.05, 4.69) is 11.5 Å². The van der Waals surface area contributed by atoms with E-state index in [1.807, 2.05) is 64.1 Å². The van der Waals surface area contributed by atoms with Crippen molar-refractivity contribution in [2.75, 3.05) is 0 Å². The van der Waals surface area contributed by atoms with Crippen LogP contribution in [0.15, 0.2) is 55.6 Å². The molecule has 3 heterocycles. The second-order valence-electron chi connectivity index (χ2n) is 13.6. The molecule has 0 aliphatic heterocycles. The average Bonchev–Trinajstić information content (AvgIpc) is 3.40. The zero-order valence-electron chi connectivity index (χ0n) is 28.0. The maximum absolute atomic E-state index is 14.4. The lowest BCUT2D eigenvalue weighted by molar-refractivity contribution is 0.451. The van der Waals surface area contributed by atoms with E-state index in [9.17, 15) is 19.2 Å². The lowest BCUT2D eigenvalue weighted by Crippen LogP contribution is -2.36. The van der Waals surface area contributed by atoms with E-state index in [4.69, 9.17) is 0 Å². The van der Waals surface area contributed by atoms with Gasteiger partial charge in [-0.15, -0.1) is 0 Å². The number of benzene rings is 5. The second kappa shape index (κ2) is 10.8. The maximum atomic E-state index is 14.4. The Morgan fingerprint density at radius 2 is 0.872 bits per heavy atom. The quantitative estimate of drug-likeness (QED) is 0.0816. The molecule has 0 saturated carbocycles. The lowest BCUT2D eigenvalue weighted by atomic mass is 9.86. The summed E-state index contributed by atoms with van der Waals surface area (Å²) in [6.45, 7) is 11.0. The Morgan fingerprint density at radius 1 is 0.468 bits per heavy atom. The van der Waals surface area contributed by atoms with Crippen molar-refractivity contribution in [2.24, 2.45) is 0 Å². The van der Waals surface area contributed by atoms with Gasteiger partial charge in [-0.05, 0) is 67.1 Å². The molecule has 5 aromatic carbocycles. The SMILES string of the molecule is CCCCCCn1c2cc3c(=O)n(C(CC)CC)c(=O)c4ccc5c6ccc7c(=O)n(C(CC)CC)c(=O)c8cc1c(c6c78)c2c5c43. The van der Waals surface area contributed by atoms with E-state index in [-0.39, 0.29) is 34.3 Å². The number of hydrogen-bond acceptors (Lipinski definition) is 4. The summed E-state index contributed by atoms with van der Waals surface area (Å²) in [5.74, 6) is 0. The van der Waals surface area contributed by atoms with Gasteiger partial charge < -0.3 is 4.57 Å². The standard InChI is InChI=1S/C40H41N3O4/c1-6-11-12-13-18-41-29-19-27-31-25(37(44)42(39(27)46)21(7-2)8-3)16-14-23-24-15-17-26-32-28(40(47)43(38(26)45)22(9-4)10-5)20-30(41)36(34(24)32)35(29)33(23)31/h14-17,19-22H,6-13,18H2,1-5H3. The highest BCUT2D eigenvalue weighted by Gasteiger charge is 2.29. The van der Waals surface area contributed by atoms with Gasteiger partial charge in [-0.3, -0.25) is 28.3 Å². The minimum atomic E-state index is -0.232. The highest BCUT2D eigenvalue weighted by atomic mass is 16.2. The van der Waals surface area contributed by atoms with Crippen LogP contribution in [-0.4, -0.2) is 13.7 Å². The molecule has 0 radical (unpaired) electrons. The normalized spacial score (nSPS) is 13.0. The number of aryl methyl sites for hydroxylation is 1. The average molecular weight is 628 g/mol. The Kier molecular flexibility index (Phi) is 6.83. The predicted molar refractivity (Wildman–Crippen MR) is 196 cm³/mol. The van der Waals surface area contributed by atoms with Gasteiger partial charge in [0.25, 0.3) is 22.2 Å². The van der Waals surface area contributed by atoms with Crippen molar-refractivity contribution in [1.29, 1.82) is 0 Å². The Balaban J connectivity index is 1.64. The van der Waals surface area contributed by atoms with Crippen LogP contribution in [0.2, 0.25) is 0 Å². The molecule has 0 bridgehead atoms. The second-order valence-corrected chi connectivity index (χ2v) is 13.6. The molecule has 0 spiro atoms. The van der Waals surface area contributed by atoms with Crippen LogP contribution in [0.4, 0.5) is 0 Å². The fourth-order valence-corrected chi connectivity index (χ4v) is 8.92. The summed E-state index contributed by atoms with van der Waals surface area (Å²) in [6, 6.07) is 11.5. The maximum Gasteiger partial charge on any atom is 0.261 e. The number of unbranched alkanes of at least 4 members (excludes halogenated alkanes) is 3. The van der Waals surface area contributed by atoms with E-state index >= 15 is 0 Å². The van der Waals surface area contributed by atoms with Gasteiger partial charge in [-0.25, -0.2) is 0 Å². The van der Waals surface area contributed by atoms with Gasteiger partial charge in [0.15, 0.2) is 0 Å². The van der Waals surface area contributed by atoms with Crippen molar-refractivity contribution in [3.8, 4) is 0 Å². The summed E-state index contributed by atoms with van der Waals surface area (Å²) < 4.78 is 5.28. The molecule has 0 unspecified atom stereocenters. The third-order valence-electron chi connectivity index (χ3n) is 11.3. The third-order valence-corrected chi connectivity index (χ3v) is 11.3. The van der Waals surface area contributed by atoms with Crippen LogP contribution in [-0.2, 0) is 6.54 Å². The molecular formula is C40H41N3O4. The Labute approximate surface area is 271 Å². The molecule has 8 aromatic rings. The molecule has 0 N–H and O–H groups in total. The van der Waals surface area contributed by atoms with Crippen molar-refractivity contribution >= 4 is 75.7 Å². The molecular weight excluding hydrogens is 586 g/mol. The molecule has 0 atom stereocenters. The van der Waals surface area contributed by atoms with Crippen LogP contribution >= 0.6 is 0 Å². The van der Waals surface area contributed by atoms with E-state index < -0.39 is 0 Å². The molecule has 0 aliphatic carbocycles. The molecule has 8 rings (SSSR count). The molecule has 7 nitrogen and oxygen atoms in total. The first kappa shape index (κ1) is 29.9. The monoisotopic (exact) mass is 627 g/mol. The van der Waals surface area contributed by atoms with Crippen molar-refractivity contribution in [1.82, 2.24) is 13.7 Å². The van der Waals surface area contributed by atoms with Crippen LogP contribution in [0, 0.1) is 0 Å². The molecule has 240 valence electrons. The molecule has 0 fully saturated rings. The van der Waals surface area contributed by atoms with Gasteiger partial charge in [0.2, 0.25) is 0 Å². The van der Waals surface area contributed by atoms with Gasteiger partial charge in [0.1, 0.15) is 0 Å². The number of aromatic nitrogens is 3. The summed E-state index contributed by atoms with van der Waals surface area (Å²) >= 11 is 0.